The molecule has 1 aliphatic rings. The van der Waals surface area contributed by atoms with Gasteiger partial charge in [0.1, 0.15) is 18.2 Å². The number of rotatable bonds is 7. The number of hydrogen-bond acceptors (Lipinski definition) is 9. The molecule has 0 saturated heterocycles. The average Bonchev–Trinajstić information content (AvgIpc) is 3.78. The lowest BCUT2D eigenvalue weighted by atomic mass is 9.86. The number of aromatic nitrogens is 7. The number of H-pyrrole nitrogens is 1. The maximum Gasteiger partial charge on any atom is 0.337 e. The summed E-state index contributed by atoms with van der Waals surface area (Å²) >= 11 is 6.07. The van der Waals surface area contributed by atoms with Gasteiger partial charge in [-0.05, 0) is 81.6 Å². The second-order valence-corrected chi connectivity index (χ2v) is 11.4. The van der Waals surface area contributed by atoms with Gasteiger partial charge in [0, 0.05) is 29.8 Å². The van der Waals surface area contributed by atoms with Crippen molar-refractivity contribution >= 4 is 58.0 Å². The van der Waals surface area contributed by atoms with Gasteiger partial charge in [-0.3, -0.25) is 14.7 Å². The fraction of sp³-hybridized carbons (Fsp3) is 0.0909. The van der Waals surface area contributed by atoms with Crippen LogP contribution >= 0.6 is 11.6 Å². The van der Waals surface area contributed by atoms with Crippen molar-refractivity contribution in [2.24, 2.45) is 0 Å². The van der Waals surface area contributed by atoms with Gasteiger partial charge in [0.25, 0.3) is 5.91 Å². The van der Waals surface area contributed by atoms with Crippen LogP contribution in [0.4, 0.5) is 16.0 Å². The maximum absolute atomic E-state index is 15.3. The highest BCUT2D eigenvalue weighted by Gasteiger charge is 2.36. The molecule has 6 aromatic rings. The Hall–Kier alpha value is -6.48. The van der Waals surface area contributed by atoms with Crippen LogP contribution in [0.2, 0.25) is 5.02 Å². The van der Waals surface area contributed by atoms with Crippen LogP contribution in [0.5, 0.6) is 0 Å². The molecule has 1 atom stereocenters. The number of carbonyl (C=O) groups is 3. The Kier molecular flexibility index (Phi) is 8.01. The van der Waals surface area contributed by atoms with E-state index in [1.807, 2.05) is 24.3 Å². The minimum atomic E-state index is -1.17. The van der Waals surface area contributed by atoms with Gasteiger partial charge in [0.2, 0.25) is 5.91 Å². The second kappa shape index (κ2) is 12.6. The molecule has 5 N–H and O–H groups in total. The van der Waals surface area contributed by atoms with E-state index >= 15 is 4.39 Å². The molecule has 0 aliphatic carbocycles. The number of pyridine rings is 1. The predicted molar refractivity (Wildman–Crippen MR) is 177 cm³/mol. The number of benzene rings is 3. The van der Waals surface area contributed by atoms with Crippen LogP contribution in [-0.4, -0.2) is 69.7 Å². The van der Waals surface area contributed by atoms with Crippen molar-refractivity contribution in [3.63, 3.8) is 0 Å². The SMILES string of the molecule is Nc1n[nH]c2cc(-c3cccc4c3CCN(C(=O)/C=C/c3c(-n5cnnn5)ccc(Cl)c3F)C4C(=O)Nc3ccc(C(=O)O)cn3)ccc12. The van der Waals surface area contributed by atoms with Gasteiger partial charge in [0.15, 0.2) is 11.6 Å². The smallest absolute Gasteiger partial charge is 0.337 e. The van der Waals surface area contributed by atoms with Crippen molar-refractivity contribution in [1.82, 2.24) is 40.3 Å². The highest BCUT2D eigenvalue weighted by molar-refractivity contribution is 6.31. The monoisotopic (exact) mass is 678 g/mol. The number of amides is 2. The van der Waals surface area contributed by atoms with E-state index in [-0.39, 0.29) is 34.2 Å². The number of fused-ring (bicyclic) bond motifs is 2. The summed E-state index contributed by atoms with van der Waals surface area (Å²) in [5.74, 6) is -2.65. The molecule has 1 aliphatic heterocycles. The van der Waals surface area contributed by atoms with Crippen molar-refractivity contribution in [3.8, 4) is 16.8 Å². The first-order chi connectivity index (χ1) is 23.7. The molecule has 7 rings (SSSR count). The molecule has 0 radical (unpaired) electrons. The van der Waals surface area contributed by atoms with Crippen LogP contribution in [0.3, 0.4) is 0 Å². The average molecular weight is 679 g/mol. The molecule has 0 bridgehead atoms. The zero-order valence-corrected chi connectivity index (χ0v) is 26.0. The summed E-state index contributed by atoms with van der Waals surface area (Å²) in [6.07, 6.45) is 5.21. The fourth-order valence-corrected chi connectivity index (χ4v) is 6.06. The molecule has 1 unspecified atom stereocenters. The van der Waals surface area contributed by atoms with Gasteiger partial charge in [-0.1, -0.05) is 35.9 Å². The Morgan fingerprint density at radius 2 is 1.98 bits per heavy atom. The molecule has 4 heterocycles. The lowest BCUT2D eigenvalue weighted by Crippen LogP contribution is -2.45. The number of carboxylic acids is 1. The zero-order valence-electron chi connectivity index (χ0n) is 25.2. The van der Waals surface area contributed by atoms with Crippen LogP contribution in [0.25, 0.3) is 33.8 Å². The molecule has 16 heteroatoms. The largest absolute Gasteiger partial charge is 0.478 e. The quantitative estimate of drug-likeness (QED) is 0.175. The van der Waals surface area contributed by atoms with Gasteiger partial charge >= 0.3 is 5.97 Å². The van der Waals surface area contributed by atoms with Crippen molar-refractivity contribution in [2.45, 2.75) is 12.5 Å². The third-order valence-electron chi connectivity index (χ3n) is 8.22. The van der Waals surface area contributed by atoms with E-state index in [9.17, 15) is 19.5 Å². The van der Waals surface area contributed by atoms with E-state index in [1.54, 1.807) is 12.1 Å². The van der Waals surface area contributed by atoms with E-state index in [2.05, 4.69) is 36.0 Å². The Morgan fingerprint density at radius 1 is 1.12 bits per heavy atom. The highest BCUT2D eigenvalue weighted by Crippen LogP contribution is 2.38. The highest BCUT2D eigenvalue weighted by atomic mass is 35.5. The lowest BCUT2D eigenvalue weighted by molar-refractivity contribution is -0.135. The topological polar surface area (TPSA) is 198 Å². The summed E-state index contributed by atoms with van der Waals surface area (Å²) in [4.78, 5) is 44.7. The first kappa shape index (κ1) is 31.1. The molecule has 0 saturated carbocycles. The van der Waals surface area contributed by atoms with Crippen LogP contribution < -0.4 is 11.1 Å². The normalized spacial score (nSPS) is 14.2. The van der Waals surface area contributed by atoms with E-state index in [1.165, 1.54) is 46.3 Å². The van der Waals surface area contributed by atoms with Gasteiger partial charge in [-0.15, -0.1) is 5.10 Å². The van der Waals surface area contributed by atoms with Gasteiger partial charge in [-0.2, -0.15) is 9.78 Å². The predicted octanol–water partition coefficient (Wildman–Crippen LogP) is 4.45. The van der Waals surface area contributed by atoms with E-state index < -0.39 is 29.6 Å². The molecular weight excluding hydrogens is 655 g/mol. The molecule has 49 heavy (non-hydrogen) atoms. The number of aromatic carboxylic acids is 1. The van der Waals surface area contributed by atoms with Crippen LogP contribution in [0.1, 0.15) is 33.1 Å². The number of tetrazole rings is 1. The molecule has 244 valence electrons. The van der Waals surface area contributed by atoms with Crippen LogP contribution in [0, 0.1) is 5.82 Å². The third-order valence-corrected chi connectivity index (χ3v) is 8.51. The summed E-state index contributed by atoms with van der Waals surface area (Å²) in [5.41, 5.74) is 9.97. The Bertz CT molecular complexity index is 2290. The number of hydrogen-bond donors (Lipinski definition) is 4. The second-order valence-electron chi connectivity index (χ2n) is 11.0. The van der Waals surface area contributed by atoms with Crippen molar-refractivity contribution < 1.29 is 23.9 Å². The summed E-state index contributed by atoms with van der Waals surface area (Å²) in [7, 11) is 0. The Balaban J connectivity index is 1.27. The lowest BCUT2D eigenvalue weighted by Gasteiger charge is -2.36. The van der Waals surface area contributed by atoms with Gasteiger partial charge in [0.05, 0.1) is 21.8 Å². The van der Waals surface area contributed by atoms with E-state index in [0.717, 1.165) is 39.9 Å². The van der Waals surface area contributed by atoms with Crippen molar-refractivity contribution in [2.75, 3.05) is 17.6 Å². The number of halogens is 2. The summed E-state index contributed by atoms with van der Waals surface area (Å²) < 4.78 is 16.5. The van der Waals surface area contributed by atoms with Crippen molar-refractivity contribution in [1.29, 1.82) is 0 Å². The number of aromatic amines is 1. The number of anilines is 2. The molecule has 0 fully saturated rings. The standard InChI is InChI=1S/C33H24ClFN10O4/c34-24-8-9-26(45-16-38-42-43-45)23(29(24)35)7-11-28(46)44-13-12-20-19(17-4-6-22-25(14-17)40-41-31(22)36)2-1-3-21(20)30(44)32(47)39-27-10-5-18(15-37-27)33(48)49/h1-11,14-16,30H,12-13H2,(H,48,49)(H3,36,40,41)(H,37,39,47)/b11-7+. The first-order valence-electron chi connectivity index (χ1n) is 14.8. The van der Waals surface area contributed by atoms with Gasteiger partial charge < -0.3 is 21.1 Å². The number of nitrogens with two attached hydrogens (primary N) is 1. The third kappa shape index (κ3) is 5.82. The molecule has 3 aromatic heterocycles. The summed E-state index contributed by atoms with van der Waals surface area (Å²) in [5, 5.41) is 30.6. The minimum Gasteiger partial charge on any atom is -0.478 e. The molecule has 2 amide bonds. The maximum atomic E-state index is 15.3. The van der Waals surface area contributed by atoms with Crippen LogP contribution in [-0.2, 0) is 16.0 Å². The Labute approximate surface area is 281 Å². The summed E-state index contributed by atoms with van der Waals surface area (Å²) in [6.45, 7) is 0.133. The van der Waals surface area contributed by atoms with E-state index in [4.69, 9.17) is 17.3 Å². The van der Waals surface area contributed by atoms with Crippen LogP contribution in [0.15, 0.2) is 79.3 Å². The van der Waals surface area contributed by atoms with Gasteiger partial charge in [-0.25, -0.2) is 14.2 Å². The summed E-state index contributed by atoms with van der Waals surface area (Å²) in [6, 6.07) is 15.6. The number of carboxylic acid groups (broad SMARTS) is 1. The van der Waals surface area contributed by atoms with Crippen molar-refractivity contribution in [3.05, 3.63) is 112 Å². The number of carbonyl (C=O) groups excluding carboxylic acids is 2. The molecular formula is C33H24ClFN10O4. The number of nitrogens with one attached hydrogen (secondary N) is 2. The first-order valence-corrected chi connectivity index (χ1v) is 15.1. The molecule has 0 spiro atoms. The van der Waals surface area contributed by atoms with E-state index in [0.29, 0.717) is 17.8 Å². The zero-order chi connectivity index (χ0) is 34.2. The number of nitrogen functional groups attached to an aromatic ring is 1. The fourth-order valence-electron chi connectivity index (χ4n) is 5.89. The number of nitrogens with zero attached hydrogens (tertiary/aromatic N) is 7. The molecule has 3 aromatic carbocycles. The molecule has 14 nitrogen and oxygen atoms in total. The Morgan fingerprint density at radius 3 is 2.73 bits per heavy atom. The minimum absolute atomic E-state index is 0.0357.